The van der Waals surface area contributed by atoms with Gasteiger partial charge in [-0.1, -0.05) is 48.5 Å². The van der Waals surface area contributed by atoms with Gasteiger partial charge >= 0.3 is 20.2 Å². The van der Waals surface area contributed by atoms with Crippen molar-refractivity contribution in [3.8, 4) is 22.6 Å². The Bertz CT molecular complexity index is 1690. The van der Waals surface area contributed by atoms with E-state index in [1.165, 1.54) is 0 Å². The van der Waals surface area contributed by atoms with E-state index in [0.29, 0.717) is 34.8 Å². The highest BCUT2D eigenvalue weighted by molar-refractivity contribution is 7.86. The summed E-state index contributed by atoms with van der Waals surface area (Å²) in [6, 6.07) is 16.8. The average Bonchev–Trinajstić information content (AvgIpc) is 3.14. The molecule has 5 rings (SSSR count). The molecule has 0 atom stereocenters. The molecule has 39 heavy (non-hydrogen) atoms. The molecule has 0 radical (unpaired) electrons. The fourth-order valence-electron chi connectivity index (χ4n) is 5.04. The van der Waals surface area contributed by atoms with E-state index >= 15 is 17.6 Å². The van der Waals surface area contributed by atoms with Crippen molar-refractivity contribution in [3.63, 3.8) is 0 Å². The Labute approximate surface area is 221 Å². The van der Waals surface area contributed by atoms with Crippen LogP contribution >= 0.6 is 0 Å². The van der Waals surface area contributed by atoms with Crippen LogP contribution in [-0.2, 0) is 25.7 Å². The molecule has 0 spiro atoms. The summed E-state index contributed by atoms with van der Waals surface area (Å²) in [5.74, 6) is -7.79. The molecule has 4 aromatic rings. The van der Waals surface area contributed by atoms with E-state index in [1.807, 2.05) is 0 Å². The molecule has 0 fully saturated rings. The summed E-state index contributed by atoms with van der Waals surface area (Å²) in [6.45, 7) is 0. The molecule has 0 unspecified atom stereocenters. The van der Waals surface area contributed by atoms with Gasteiger partial charge in [-0.3, -0.25) is 0 Å². The standard InChI is InChI=1S/C27H18F4O6S2/c1-38(32,33)36-25-21(28)11-15(12-22(25)29)27(16-13-23(30)26(24(31)14-16)37-39(2,34)35)19-9-5-3-7-17(19)18-8-4-6-10-20(18)27/h3-14H,1-2H3. The number of halogens is 4. The summed E-state index contributed by atoms with van der Waals surface area (Å²) >= 11 is 0. The van der Waals surface area contributed by atoms with Gasteiger partial charge in [0.15, 0.2) is 23.3 Å². The van der Waals surface area contributed by atoms with Crippen LogP contribution in [0.4, 0.5) is 17.6 Å². The van der Waals surface area contributed by atoms with Gasteiger partial charge < -0.3 is 8.37 Å². The Morgan fingerprint density at radius 2 is 0.872 bits per heavy atom. The van der Waals surface area contributed by atoms with Crippen LogP contribution in [0.5, 0.6) is 11.5 Å². The van der Waals surface area contributed by atoms with Crippen molar-refractivity contribution in [2.75, 3.05) is 12.5 Å². The average molecular weight is 579 g/mol. The number of rotatable bonds is 6. The Morgan fingerprint density at radius 3 is 1.18 bits per heavy atom. The number of hydrogen-bond donors (Lipinski definition) is 0. The molecule has 4 aromatic carbocycles. The van der Waals surface area contributed by atoms with Gasteiger partial charge in [-0.05, 0) is 57.6 Å². The molecule has 1 aliphatic rings. The van der Waals surface area contributed by atoms with Gasteiger partial charge in [0.25, 0.3) is 0 Å². The molecule has 6 nitrogen and oxygen atoms in total. The summed E-state index contributed by atoms with van der Waals surface area (Å²) in [4.78, 5) is 0. The summed E-state index contributed by atoms with van der Waals surface area (Å²) in [5.41, 5.74) is 0.0711. The molecule has 0 saturated carbocycles. The Morgan fingerprint density at radius 1 is 0.564 bits per heavy atom. The highest BCUT2D eigenvalue weighted by atomic mass is 32.2. The zero-order chi connectivity index (χ0) is 28.3. The summed E-state index contributed by atoms with van der Waals surface area (Å²) < 4.78 is 116. The van der Waals surface area contributed by atoms with Crippen molar-refractivity contribution in [3.05, 3.63) is 118 Å². The highest BCUT2D eigenvalue weighted by Crippen LogP contribution is 2.57. The molecule has 202 valence electrons. The number of hydrogen-bond acceptors (Lipinski definition) is 6. The minimum absolute atomic E-state index is 0.133. The Kier molecular flexibility index (Phi) is 6.22. The smallest absolute Gasteiger partial charge is 0.306 e. The van der Waals surface area contributed by atoms with Gasteiger partial charge in [0.1, 0.15) is 0 Å². The van der Waals surface area contributed by atoms with Crippen molar-refractivity contribution in [1.29, 1.82) is 0 Å². The maximum absolute atomic E-state index is 15.3. The summed E-state index contributed by atoms with van der Waals surface area (Å²) in [7, 11) is -8.58. The number of fused-ring (bicyclic) bond motifs is 3. The first-order chi connectivity index (χ1) is 18.2. The van der Waals surface area contributed by atoms with E-state index in [1.54, 1.807) is 48.5 Å². The maximum Gasteiger partial charge on any atom is 0.306 e. The molecule has 0 aromatic heterocycles. The van der Waals surface area contributed by atoms with Gasteiger partial charge in [0, 0.05) is 0 Å². The second-order valence-electron chi connectivity index (χ2n) is 8.95. The highest BCUT2D eigenvalue weighted by Gasteiger charge is 2.47. The molecular weight excluding hydrogens is 560 g/mol. The van der Waals surface area contributed by atoms with Gasteiger partial charge in [-0.2, -0.15) is 16.8 Å². The molecule has 0 amide bonds. The summed E-state index contributed by atoms with van der Waals surface area (Å²) in [6.07, 6.45) is 1.24. The first-order valence-corrected chi connectivity index (χ1v) is 14.8. The van der Waals surface area contributed by atoms with Gasteiger partial charge in [0.2, 0.25) is 11.5 Å². The van der Waals surface area contributed by atoms with Crippen LogP contribution in [0.2, 0.25) is 0 Å². The third-order valence-corrected chi connectivity index (χ3v) is 7.22. The van der Waals surface area contributed by atoms with E-state index < -0.39 is 60.4 Å². The Balaban J connectivity index is 1.89. The molecule has 12 heteroatoms. The SMILES string of the molecule is CS(=O)(=O)Oc1c(F)cc(C2(c3cc(F)c(OS(C)(=O)=O)c(F)c3)c3ccccc3-c3ccccc32)cc1F. The third kappa shape index (κ3) is 4.53. The van der Waals surface area contributed by atoms with Crippen LogP contribution < -0.4 is 8.37 Å². The van der Waals surface area contributed by atoms with E-state index in [-0.39, 0.29) is 11.1 Å². The molecular formula is C27H18F4O6S2. The van der Waals surface area contributed by atoms with Crippen molar-refractivity contribution in [1.82, 2.24) is 0 Å². The quantitative estimate of drug-likeness (QED) is 0.201. The van der Waals surface area contributed by atoms with Crippen LogP contribution in [0.3, 0.4) is 0 Å². The Hall–Kier alpha value is -3.90. The fraction of sp³-hybridized carbons (Fsp3) is 0.111. The molecule has 0 heterocycles. The van der Waals surface area contributed by atoms with Crippen LogP contribution in [0.1, 0.15) is 22.3 Å². The van der Waals surface area contributed by atoms with Crippen LogP contribution in [0, 0.1) is 23.3 Å². The molecule has 0 bridgehead atoms. The lowest BCUT2D eigenvalue weighted by atomic mass is 9.67. The number of benzene rings is 4. The van der Waals surface area contributed by atoms with Crippen molar-refractivity contribution >= 4 is 20.2 Å². The minimum atomic E-state index is -4.29. The summed E-state index contributed by atoms with van der Waals surface area (Å²) in [5, 5.41) is 0. The maximum atomic E-state index is 15.3. The molecule has 0 N–H and O–H groups in total. The van der Waals surface area contributed by atoms with Crippen LogP contribution in [0.15, 0.2) is 72.8 Å². The monoisotopic (exact) mass is 578 g/mol. The van der Waals surface area contributed by atoms with E-state index in [4.69, 9.17) is 0 Å². The molecule has 0 aliphatic heterocycles. The zero-order valence-corrected chi connectivity index (χ0v) is 21.8. The predicted octanol–water partition coefficient (Wildman–Crippen LogP) is 5.28. The molecule has 0 saturated heterocycles. The van der Waals surface area contributed by atoms with E-state index in [9.17, 15) is 16.8 Å². The van der Waals surface area contributed by atoms with Crippen molar-refractivity contribution in [2.45, 2.75) is 5.41 Å². The van der Waals surface area contributed by atoms with E-state index in [2.05, 4.69) is 8.37 Å². The minimum Gasteiger partial charge on any atom is -0.376 e. The largest absolute Gasteiger partial charge is 0.376 e. The van der Waals surface area contributed by atoms with Gasteiger partial charge in [-0.15, -0.1) is 0 Å². The lowest BCUT2D eigenvalue weighted by Gasteiger charge is -2.34. The normalized spacial score (nSPS) is 14.0. The third-order valence-electron chi connectivity index (χ3n) is 6.28. The van der Waals surface area contributed by atoms with Crippen LogP contribution in [-0.4, -0.2) is 29.3 Å². The van der Waals surface area contributed by atoms with Gasteiger partial charge in [0.05, 0.1) is 17.9 Å². The first-order valence-electron chi connectivity index (χ1n) is 11.2. The predicted molar refractivity (Wildman–Crippen MR) is 135 cm³/mol. The fourth-order valence-corrected chi connectivity index (χ4v) is 5.96. The van der Waals surface area contributed by atoms with Crippen molar-refractivity contribution in [2.24, 2.45) is 0 Å². The second kappa shape index (κ2) is 9.09. The first kappa shape index (κ1) is 26.7. The van der Waals surface area contributed by atoms with Crippen LogP contribution in [0.25, 0.3) is 11.1 Å². The second-order valence-corrected chi connectivity index (χ2v) is 12.1. The lowest BCUT2D eigenvalue weighted by molar-refractivity contribution is 0.434. The molecule has 1 aliphatic carbocycles. The van der Waals surface area contributed by atoms with Crippen molar-refractivity contribution < 1.29 is 42.8 Å². The van der Waals surface area contributed by atoms with E-state index in [0.717, 1.165) is 24.3 Å². The van der Waals surface area contributed by atoms with Gasteiger partial charge in [-0.25, -0.2) is 17.6 Å². The zero-order valence-electron chi connectivity index (χ0n) is 20.2. The topological polar surface area (TPSA) is 86.7 Å². The lowest BCUT2D eigenvalue weighted by Crippen LogP contribution is -2.29.